The molecule has 0 aliphatic heterocycles. The Kier molecular flexibility index (Phi) is 4.68. The largest absolute Gasteiger partial charge is 0.506 e. The molecule has 0 saturated carbocycles. The number of aryl methyl sites for hydroxylation is 1. The van der Waals surface area contributed by atoms with Gasteiger partial charge in [0.2, 0.25) is 0 Å². The molecule has 0 radical (unpaired) electrons. The molecule has 0 aliphatic carbocycles. The number of hydrogen-bond donors (Lipinski definition) is 2. The van der Waals surface area contributed by atoms with Gasteiger partial charge in [0.25, 0.3) is 0 Å². The summed E-state index contributed by atoms with van der Waals surface area (Å²) in [6.07, 6.45) is 0. The minimum Gasteiger partial charge on any atom is -0.506 e. The van der Waals surface area contributed by atoms with Gasteiger partial charge in [-0.05, 0) is 38.0 Å². The number of aromatic hydroxyl groups is 1. The molecular formula is C16H20ClN3O. The zero-order valence-electron chi connectivity index (χ0n) is 12.7. The normalized spacial score (nSPS) is 11.0. The van der Waals surface area contributed by atoms with Crippen molar-refractivity contribution in [3.8, 4) is 17.1 Å². The van der Waals surface area contributed by atoms with Crippen molar-refractivity contribution >= 4 is 17.4 Å². The average molecular weight is 306 g/mol. The Balaban J connectivity index is 2.57. The Morgan fingerprint density at radius 1 is 1.29 bits per heavy atom. The minimum absolute atomic E-state index is 0.0582. The number of phenols is 1. The van der Waals surface area contributed by atoms with E-state index in [2.05, 4.69) is 29.1 Å². The number of benzene rings is 1. The van der Waals surface area contributed by atoms with Crippen LogP contribution in [0.2, 0.25) is 5.02 Å². The molecule has 0 atom stereocenters. The molecule has 1 aromatic heterocycles. The summed E-state index contributed by atoms with van der Waals surface area (Å²) in [4.78, 5) is 9.21. The number of hydrogen-bond acceptors (Lipinski definition) is 4. The third kappa shape index (κ3) is 3.27. The van der Waals surface area contributed by atoms with Crippen LogP contribution < -0.4 is 5.32 Å². The van der Waals surface area contributed by atoms with Crippen LogP contribution in [0.5, 0.6) is 5.75 Å². The highest BCUT2D eigenvalue weighted by Gasteiger charge is 2.15. The molecule has 1 heterocycles. The van der Waals surface area contributed by atoms with Gasteiger partial charge in [0.15, 0.2) is 5.82 Å². The lowest BCUT2D eigenvalue weighted by Crippen LogP contribution is -2.09. The van der Waals surface area contributed by atoms with Crippen LogP contribution in [0.4, 0.5) is 5.82 Å². The lowest BCUT2D eigenvalue weighted by Gasteiger charge is -2.16. The van der Waals surface area contributed by atoms with E-state index >= 15 is 0 Å². The maximum Gasteiger partial charge on any atom is 0.161 e. The van der Waals surface area contributed by atoms with Gasteiger partial charge in [-0.2, -0.15) is 0 Å². The van der Waals surface area contributed by atoms with Crippen molar-refractivity contribution in [3.05, 3.63) is 34.5 Å². The fourth-order valence-electron chi connectivity index (χ4n) is 2.35. The van der Waals surface area contributed by atoms with E-state index in [0.717, 1.165) is 29.2 Å². The van der Waals surface area contributed by atoms with E-state index in [1.807, 2.05) is 13.8 Å². The standard InChI is InChI=1S/C16H20ClN3O/c1-5-18-16-14(9(2)3)10(4)19-15(20-16)11-6-7-13(21)12(17)8-11/h6-9,21H,5H2,1-4H3,(H,18,19,20). The molecule has 0 fully saturated rings. The summed E-state index contributed by atoms with van der Waals surface area (Å²) in [5.74, 6) is 1.87. The Bertz CT molecular complexity index is 656. The van der Waals surface area contributed by atoms with Gasteiger partial charge in [0.1, 0.15) is 11.6 Å². The second kappa shape index (κ2) is 6.31. The Hall–Kier alpha value is -1.81. The monoisotopic (exact) mass is 305 g/mol. The molecule has 2 aromatic rings. The molecule has 1 aromatic carbocycles. The van der Waals surface area contributed by atoms with E-state index in [0.29, 0.717) is 16.8 Å². The molecule has 0 aliphatic rings. The van der Waals surface area contributed by atoms with E-state index in [4.69, 9.17) is 11.6 Å². The lowest BCUT2D eigenvalue weighted by atomic mass is 10.0. The first-order valence-electron chi connectivity index (χ1n) is 7.05. The summed E-state index contributed by atoms with van der Waals surface area (Å²) in [6, 6.07) is 5.00. The number of halogens is 1. The molecule has 4 nitrogen and oxygen atoms in total. The van der Waals surface area contributed by atoms with Gasteiger partial charge < -0.3 is 10.4 Å². The van der Waals surface area contributed by atoms with Crippen molar-refractivity contribution in [3.63, 3.8) is 0 Å². The maximum atomic E-state index is 9.52. The van der Waals surface area contributed by atoms with Gasteiger partial charge in [0, 0.05) is 23.4 Å². The Morgan fingerprint density at radius 2 is 2.00 bits per heavy atom. The third-order valence-electron chi connectivity index (χ3n) is 3.26. The summed E-state index contributed by atoms with van der Waals surface area (Å²) >= 11 is 5.97. The van der Waals surface area contributed by atoms with E-state index < -0.39 is 0 Å². The number of aromatic nitrogens is 2. The highest BCUT2D eigenvalue weighted by Crippen LogP contribution is 2.31. The smallest absolute Gasteiger partial charge is 0.161 e. The van der Waals surface area contributed by atoms with Crippen molar-refractivity contribution < 1.29 is 5.11 Å². The SMILES string of the molecule is CCNc1nc(-c2ccc(O)c(Cl)c2)nc(C)c1C(C)C. The highest BCUT2D eigenvalue weighted by molar-refractivity contribution is 6.32. The van der Waals surface area contributed by atoms with Crippen LogP contribution in [0.1, 0.15) is 37.9 Å². The van der Waals surface area contributed by atoms with Gasteiger partial charge in [-0.15, -0.1) is 0 Å². The zero-order chi connectivity index (χ0) is 15.6. The molecule has 0 spiro atoms. The summed E-state index contributed by atoms with van der Waals surface area (Å²) in [7, 11) is 0. The van der Waals surface area contributed by atoms with Gasteiger partial charge in [0.05, 0.1) is 5.02 Å². The number of anilines is 1. The van der Waals surface area contributed by atoms with Crippen molar-refractivity contribution in [1.29, 1.82) is 0 Å². The third-order valence-corrected chi connectivity index (χ3v) is 3.57. The second-order valence-electron chi connectivity index (χ2n) is 5.25. The van der Waals surface area contributed by atoms with Crippen molar-refractivity contribution in [2.45, 2.75) is 33.6 Å². The molecule has 0 bridgehead atoms. The summed E-state index contributed by atoms with van der Waals surface area (Å²) in [5.41, 5.74) is 2.87. The molecule has 2 N–H and O–H groups in total. The van der Waals surface area contributed by atoms with Crippen molar-refractivity contribution in [2.75, 3.05) is 11.9 Å². The number of rotatable bonds is 4. The summed E-state index contributed by atoms with van der Waals surface area (Å²) in [5, 5.41) is 13.1. The number of nitrogens with zero attached hydrogens (tertiary/aromatic N) is 2. The molecule has 0 unspecified atom stereocenters. The quantitative estimate of drug-likeness (QED) is 0.881. The predicted octanol–water partition coefficient (Wildman–Crippen LogP) is 4.37. The van der Waals surface area contributed by atoms with Crippen LogP contribution in [-0.2, 0) is 0 Å². The lowest BCUT2D eigenvalue weighted by molar-refractivity contribution is 0.475. The van der Waals surface area contributed by atoms with E-state index in [1.165, 1.54) is 0 Å². The fourth-order valence-corrected chi connectivity index (χ4v) is 2.53. The molecule has 0 saturated heterocycles. The Morgan fingerprint density at radius 3 is 2.57 bits per heavy atom. The van der Waals surface area contributed by atoms with Crippen LogP contribution in [0.25, 0.3) is 11.4 Å². The van der Waals surface area contributed by atoms with Crippen LogP contribution in [-0.4, -0.2) is 21.6 Å². The average Bonchev–Trinajstić information content (AvgIpc) is 2.41. The van der Waals surface area contributed by atoms with E-state index in [1.54, 1.807) is 18.2 Å². The first-order valence-corrected chi connectivity index (χ1v) is 7.43. The molecule has 21 heavy (non-hydrogen) atoms. The fraction of sp³-hybridized carbons (Fsp3) is 0.375. The van der Waals surface area contributed by atoms with Crippen molar-refractivity contribution in [1.82, 2.24) is 9.97 Å². The van der Waals surface area contributed by atoms with Gasteiger partial charge in [-0.25, -0.2) is 9.97 Å². The molecular weight excluding hydrogens is 286 g/mol. The summed E-state index contributed by atoms with van der Waals surface area (Å²) < 4.78 is 0. The number of phenolic OH excluding ortho intramolecular Hbond substituents is 1. The molecule has 0 amide bonds. The maximum absolute atomic E-state index is 9.52. The van der Waals surface area contributed by atoms with E-state index in [9.17, 15) is 5.11 Å². The second-order valence-corrected chi connectivity index (χ2v) is 5.65. The first kappa shape index (κ1) is 15.6. The van der Waals surface area contributed by atoms with Gasteiger partial charge in [-0.1, -0.05) is 25.4 Å². The van der Waals surface area contributed by atoms with Gasteiger partial charge in [-0.3, -0.25) is 0 Å². The highest BCUT2D eigenvalue weighted by atomic mass is 35.5. The van der Waals surface area contributed by atoms with Gasteiger partial charge >= 0.3 is 0 Å². The topological polar surface area (TPSA) is 58.0 Å². The first-order chi connectivity index (χ1) is 9.93. The Labute approximate surface area is 130 Å². The molecule has 2 rings (SSSR count). The van der Waals surface area contributed by atoms with Crippen LogP contribution >= 0.6 is 11.6 Å². The molecule has 112 valence electrons. The molecule has 5 heteroatoms. The number of nitrogens with one attached hydrogen (secondary N) is 1. The predicted molar refractivity (Wildman–Crippen MR) is 87.1 cm³/mol. The summed E-state index contributed by atoms with van der Waals surface area (Å²) in [6.45, 7) is 9.08. The van der Waals surface area contributed by atoms with Crippen LogP contribution in [0.3, 0.4) is 0 Å². The minimum atomic E-state index is 0.0582. The van der Waals surface area contributed by atoms with Crippen LogP contribution in [0, 0.1) is 6.92 Å². The van der Waals surface area contributed by atoms with Crippen molar-refractivity contribution in [2.24, 2.45) is 0 Å². The van der Waals surface area contributed by atoms with Crippen LogP contribution in [0.15, 0.2) is 18.2 Å². The zero-order valence-corrected chi connectivity index (χ0v) is 13.5. The van der Waals surface area contributed by atoms with E-state index in [-0.39, 0.29) is 5.75 Å².